The molecule has 2 aromatic rings. The van der Waals surface area contributed by atoms with Crippen molar-refractivity contribution in [2.45, 2.75) is 0 Å². The Balaban J connectivity index is 2.14. The molecule has 0 aliphatic heterocycles. The monoisotopic (exact) mass is 377 g/mol. The van der Waals surface area contributed by atoms with Crippen molar-refractivity contribution in [2.24, 2.45) is 0 Å². The zero-order valence-electron chi connectivity index (χ0n) is 12.8. The van der Waals surface area contributed by atoms with Crippen molar-refractivity contribution < 1.29 is 19.1 Å². The van der Waals surface area contributed by atoms with Crippen molar-refractivity contribution in [3.05, 3.63) is 52.5 Å². The summed E-state index contributed by atoms with van der Waals surface area (Å²) in [7, 11) is 3.14. The Bertz CT molecular complexity index is 703. The molecule has 0 aromatic heterocycles. The van der Waals surface area contributed by atoms with Crippen molar-refractivity contribution in [1.29, 1.82) is 0 Å². The van der Waals surface area contributed by atoms with E-state index in [1.165, 1.54) is 12.0 Å². The Hall–Kier alpha value is -2.34. The molecule has 0 fully saturated rings. The Kier molecular flexibility index (Phi) is 5.76. The summed E-state index contributed by atoms with van der Waals surface area (Å²) in [6.45, 7) is -0.204. The van der Waals surface area contributed by atoms with E-state index in [-0.39, 0.29) is 18.3 Å². The lowest BCUT2D eigenvalue weighted by atomic mass is 10.2. The fourth-order valence-corrected chi connectivity index (χ4v) is 2.46. The average molecular weight is 378 g/mol. The van der Waals surface area contributed by atoms with E-state index >= 15 is 0 Å². The molecule has 23 heavy (non-hydrogen) atoms. The second kappa shape index (κ2) is 7.78. The van der Waals surface area contributed by atoms with Gasteiger partial charge in [0.05, 0.1) is 12.7 Å². The van der Waals surface area contributed by atoms with Gasteiger partial charge in [0.25, 0.3) is 5.91 Å². The van der Waals surface area contributed by atoms with Gasteiger partial charge < -0.3 is 14.4 Å². The van der Waals surface area contributed by atoms with Crippen molar-refractivity contribution >= 4 is 33.8 Å². The van der Waals surface area contributed by atoms with Gasteiger partial charge in [0.2, 0.25) is 0 Å². The maximum absolute atomic E-state index is 12.2. The van der Waals surface area contributed by atoms with Crippen LogP contribution in [0.4, 0.5) is 5.69 Å². The van der Waals surface area contributed by atoms with Gasteiger partial charge in [-0.2, -0.15) is 0 Å². The lowest BCUT2D eigenvalue weighted by Crippen LogP contribution is -2.31. The van der Waals surface area contributed by atoms with E-state index in [1.54, 1.807) is 19.2 Å². The molecule has 0 spiro atoms. The first kappa shape index (κ1) is 17.0. The van der Waals surface area contributed by atoms with E-state index in [0.29, 0.717) is 22.1 Å². The molecule has 0 saturated heterocycles. The normalized spacial score (nSPS) is 10.0. The molecule has 0 aliphatic carbocycles. The molecule has 2 aromatic carbocycles. The summed E-state index contributed by atoms with van der Waals surface area (Å²) in [6.07, 6.45) is 0.661. The quantitative estimate of drug-likeness (QED) is 0.724. The van der Waals surface area contributed by atoms with Crippen LogP contribution in [0.2, 0.25) is 0 Å². The van der Waals surface area contributed by atoms with Gasteiger partial charge in [0, 0.05) is 17.2 Å². The van der Waals surface area contributed by atoms with Gasteiger partial charge in [-0.1, -0.05) is 34.1 Å². The summed E-state index contributed by atoms with van der Waals surface area (Å²) in [6, 6.07) is 12.5. The highest BCUT2D eigenvalue weighted by molar-refractivity contribution is 9.10. The third kappa shape index (κ3) is 4.10. The van der Waals surface area contributed by atoms with Gasteiger partial charge in [-0.05, 0) is 24.3 Å². The Morgan fingerprint density at radius 2 is 1.96 bits per heavy atom. The number of rotatable bonds is 6. The second-order valence-corrected chi connectivity index (χ2v) is 5.64. The summed E-state index contributed by atoms with van der Waals surface area (Å²) in [5, 5.41) is 0. The maximum atomic E-state index is 12.2. The molecule has 0 atom stereocenters. The number of ether oxygens (including phenoxy) is 2. The van der Waals surface area contributed by atoms with Crippen molar-refractivity contribution in [3.63, 3.8) is 0 Å². The lowest BCUT2D eigenvalue weighted by molar-refractivity contribution is -0.120. The number of anilines is 1. The van der Waals surface area contributed by atoms with Crippen LogP contribution in [0.1, 0.15) is 10.4 Å². The highest BCUT2D eigenvalue weighted by atomic mass is 79.9. The fraction of sp³-hybridized carbons (Fsp3) is 0.176. The number of halogens is 1. The second-order valence-electron chi connectivity index (χ2n) is 4.72. The highest BCUT2D eigenvalue weighted by Crippen LogP contribution is 2.34. The van der Waals surface area contributed by atoms with E-state index in [1.807, 2.05) is 30.3 Å². The summed E-state index contributed by atoms with van der Waals surface area (Å²) < 4.78 is 11.4. The SMILES string of the molecule is COc1cc(Br)cc(C=O)c1OCC(=O)N(C)c1ccccc1. The van der Waals surface area contributed by atoms with Gasteiger partial charge >= 0.3 is 0 Å². The number of likely N-dealkylation sites (N-methyl/N-ethyl adjacent to an activating group) is 1. The minimum absolute atomic E-state index is 0.204. The summed E-state index contributed by atoms with van der Waals surface area (Å²) >= 11 is 3.29. The van der Waals surface area contributed by atoms with Crippen molar-refractivity contribution in [3.8, 4) is 11.5 Å². The van der Waals surface area contributed by atoms with Crippen LogP contribution in [-0.4, -0.2) is 33.0 Å². The molecule has 0 N–H and O–H groups in total. The van der Waals surface area contributed by atoms with Gasteiger partial charge in [-0.3, -0.25) is 9.59 Å². The number of aldehydes is 1. The van der Waals surface area contributed by atoms with Crippen molar-refractivity contribution in [1.82, 2.24) is 0 Å². The van der Waals surface area contributed by atoms with Crippen LogP contribution < -0.4 is 14.4 Å². The number of hydrogen-bond donors (Lipinski definition) is 0. The summed E-state index contributed by atoms with van der Waals surface area (Å²) in [5.41, 5.74) is 1.07. The molecule has 2 rings (SSSR count). The van der Waals surface area contributed by atoms with E-state index in [2.05, 4.69) is 15.9 Å². The van der Waals surface area contributed by atoms with Gasteiger partial charge in [-0.25, -0.2) is 0 Å². The predicted octanol–water partition coefficient (Wildman–Crippen LogP) is 3.31. The van der Waals surface area contributed by atoms with E-state index in [4.69, 9.17) is 9.47 Å². The largest absolute Gasteiger partial charge is 0.493 e. The average Bonchev–Trinajstić information content (AvgIpc) is 2.59. The van der Waals surface area contributed by atoms with Crippen LogP contribution in [0.25, 0.3) is 0 Å². The Morgan fingerprint density at radius 1 is 1.26 bits per heavy atom. The highest BCUT2D eigenvalue weighted by Gasteiger charge is 2.16. The summed E-state index contributed by atoms with van der Waals surface area (Å²) in [4.78, 5) is 24.9. The predicted molar refractivity (Wildman–Crippen MR) is 91.4 cm³/mol. The minimum Gasteiger partial charge on any atom is -0.493 e. The lowest BCUT2D eigenvalue weighted by Gasteiger charge is -2.18. The first-order chi connectivity index (χ1) is 11.1. The van der Waals surface area contributed by atoms with Crippen molar-refractivity contribution in [2.75, 3.05) is 25.7 Å². The Labute approximate surface area is 142 Å². The molecular formula is C17H16BrNO4. The molecule has 6 heteroatoms. The van der Waals surface area contributed by atoms with Gasteiger partial charge in [0.15, 0.2) is 24.4 Å². The van der Waals surface area contributed by atoms with Gasteiger partial charge in [-0.15, -0.1) is 0 Å². The van der Waals surface area contributed by atoms with E-state index in [9.17, 15) is 9.59 Å². The molecular weight excluding hydrogens is 362 g/mol. The number of carbonyl (C=O) groups excluding carboxylic acids is 2. The smallest absolute Gasteiger partial charge is 0.264 e. The first-order valence-corrected chi connectivity index (χ1v) is 7.63. The number of para-hydroxylation sites is 1. The number of nitrogens with zero attached hydrogens (tertiary/aromatic N) is 1. The molecule has 120 valence electrons. The van der Waals surface area contributed by atoms with Crippen LogP contribution in [-0.2, 0) is 4.79 Å². The first-order valence-electron chi connectivity index (χ1n) is 6.84. The van der Waals surface area contributed by atoms with Crippen LogP contribution >= 0.6 is 15.9 Å². The number of hydrogen-bond acceptors (Lipinski definition) is 4. The zero-order valence-corrected chi connectivity index (χ0v) is 14.4. The molecule has 5 nitrogen and oxygen atoms in total. The van der Waals surface area contributed by atoms with E-state index < -0.39 is 0 Å². The molecule has 0 heterocycles. The fourth-order valence-electron chi connectivity index (χ4n) is 2.01. The van der Waals surface area contributed by atoms with Crippen LogP contribution in [0.15, 0.2) is 46.9 Å². The number of benzene rings is 2. The molecule has 1 amide bonds. The maximum Gasteiger partial charge on any atom is 0.264 e. The topological polar surface area (TPSA) is 55.8 Å². The van der Waals surface area contributed by atoms with Crippen LogP contribution in [0, 0.1) is 0 Å². The van der Waals surface area contributed by atoms with Crippen LogP contribution in [0.5, 0.6) is 11.5 Å². The zero-order chi connectivity index (χ0) is 16.8. The minimum atomic E-state index is -0.238. The van der Waals surface area contributed by atoms with E-state index in [0.717, 1.165) is 5.69 Å². The molecule has 0 bridgehead atoms. The molecule has 0 unspecified atom stereocenters. The summed E-state index contributed by atoms with van der Waals surface area (Å²) in [5.74, 6) is 0.398. The van der Waals surface area contributed by atoms with Gasteiger partial charge in [0.1, 0.15) is 0 Å². The Morgan fingerprint density at radius 3 is 2.57 bits per heavy atom. The number of amides is 1. The molecule has 0 saturated carbocycles. The standard InChI is InChI=1S/C17H16BrNO4/c1-19(14-6-4-3-5-7-14)16(21)11-23-17-12(10-20)8-13(18)9-15(17)22-2/h3-10H,11H2,1-2H3. The van der Waals surface area contributed by atoms with Crippen LogP contribution in [0.3, 0.4) is 0 Å². The number of methoxy groups -OCH3 is 1. The number of carbonyl (C=O) groups is 2. The third-order valence-electron chi connectivity index (χ3n) is 3.25. The molecule has 0 aliphatic rings. The third-order valence-corrected chi connectivity index (χ3v) is 3.71. The molecule has 0 radical (unpaired) electrons.